The summed E-state index contributed by atoms with van der Waals surface area (Å²) in [7, 11) is 1.69. The maximum atomic E-state index is 9.88. The predicted octanol–water partition coefficient (Wildman–Crippen LogP) is 2.09. The van der Waals surface area contributed by atoms with Gasteiger partial charge in [0.1, 0.15) is 5.75 Å². The average Bonchev–Trinajstić information content (AvgIpc) is 2.38. The number of aliphatic hydroxyl groups is 1. The molecule has 1 aliphatic carbocycles. The standard InChI is InChI=1S/C14H21NO2/c1-17-14-9-5-2-6-11(14)10-15-12-7-3-4-8-13(12)16/h2,5-6,9,12-13,15-16H,3-4,7-8,10H2,1H3. The molecular weight excluding hydrogens is 214 g/mol. The highest BCUT2D eigenvalue weighted by atomic mass is 16.5. The molecule has 94 valence electrons. The highest BCUT2D eigenvalue weighted by Gasteiger charge is 2.22. The maximum Gasteiger partial charge on any atom is 0.123 e. The number of nitrogens with one attached hydrogen (secondary N) is 1. The van der Waals surface area contributed by atoms with Crippen LogP contribution in [-0.4, -0.2) is 24.4 Å². The van der Waals surface area contributed by atoms with Crippen molar-refractivity contribution in [1.29, 1.82) is 0 Å². The van der Waals surface area contributed by atoms with Gasteiger partial charge in [0.2, 0.25) is 0 Å². The monoisotopic (exact) mass is 235 g/mol. The Morgan fingerprint density at radius 1 is 1.29 bits per heavy atom. The quantitative estimate of drug-likeness (QED) is 0.839. The van der Waals surface area contributed by atoms with Crippen LogP contribution in [0.5, 0.6) is 5.75 Å². The summed E-state index contributed by atoms with van der Waals surface area (Å²) in [4.78, 5) is 0. The van der Waals surface area contributed by atoms with E-state index in [1.165, 1.54) is 6.42 Å². The molecule has 2 rings (SSSR count). The fraction of sp³-hybridized carbons (Fsp3) is 0.571. The van der Waals surface area contributed by atoms with Crippen LogP contribution in [0.2, 0.25) is 0 Å². The lowest BCUT2D eigenvalue weighted by atomic mass is 9.92. The normalized spacial score (nSPS) is 24.6. The minimum Gasteiger partial charge on any atom is -0.496 e. The van der Waals surface area contributed by atoms with Gasteiger partial charge in [-0.2, -0.15) is 0 Å². The zero-order chi connectivity index (χ0) is 12.1. The third-order valence-corrected chi connectivity index (χ3v) is 3.48. The number of hydrogen-bond donors (Lipinski definition) is 2. The summed E-state index contributed by atoms with van der Waals surface area (Å²) in [5, 5.41) is 13.3. The molecule has 0 bridgehead atoms. The van der Waals surface area contributed by atoms with E-state index in [-0.39, 0.29) is 12.1 Å². The van der Waals surface area contributed by atoms with E-state index in [1.54, 1.807) is 7.11 Å². The van der Waals surface area contributed by atoms with E-state index in [0.717, 1.165) is 37.1 Å². The van der Waals surface area contributed by atoms with Gasteiger partial charge in [-0.3, -0.25) is 0 Å². The van der Waals surface area contributed by atoms with Crippen molar-refractivity contribution in [1.82, 2.24) is 5.32 Å². The smallest absolute Gasteiger partial charge is 0.123 e. The Morgan fingerprint density at radius 3 is 2.82 bits per heavy atom. The first-order valence-electron chi connectivity index (χ1n) is 6.34. The molecule has 17 heavy (non-hydrogen) atoms. The summed E-state index contributed by atoms with van der Waals surface area (Å²) in [6.45, 7) is 0.756. The maximum absolute atomic E-state index is 9.88. The number of ether oxygens (including phenoxy) is 1. The third kappa shape index (κ3) is 3.20. The van der Waals surface area contributed by atoms with Crippen molar-refractivity contribution in [3.05, 3.63) is 29.8 Å². The number of methoxy groups -OCH3 is 1. The zero-order valence-electron chi connectivity index (χ0n) is 10.4. The minimum absolute atomic E-state index is 0.196. The van der Waals surface area contributed by atoms with Crippen LogP contribution >= 0.6 is 0 Å². The molecular formula is C14H21NO2. The SMILES string of the molecule is COc1ccccc1CNC1CCCCC1O. The van der Waals surface area contributed by atoms with Gasteiger partial charge in [-0.15, -0.1) is 0 Å². The average molecular weight is 235 g/mol. The molecule has 2 N–H and O–H groups in total. The van der Waals surface area contributed by atoms with Gasteiger partial charge < -0.3 is 15.2 Å². The molecule has 0 amide bonds. The topological polar surface area (TPSA) is 41.5 Å². The predicted molar refractivity (Wildman–Crippen MR) is 68.1 cm³/mol. The van der Waals surface area contributed by atoms with Crippen LogP contribution in [0.25, 0.3) is 0 Å². The van der Waals surface area contributed by atoms with Gasteiger partial charge in [-0.05, 0) is 18.9 Å². The number of hydrogen-bond acceptors (Lipinski definition) is 3. The van der Waals surface area contributed by atoms with E-state index >= 15 is 0 Å². The number of rotatable bonds is 4. The molecule has 1 fully saturated rings. The molecule has 1 aromatic rings. The summed E-state index contributed by atoms with van der Waals surface area (Å²) in [5.41, 5.74) is 1.15. The molecule has 0 radical (unpaired) electrons. The van der Waals surface area contributed by atoms with Crippen LogP contribution in [-0.2, 0) is 6.54 Å². The van der Waals surface area contributed by atoms with E-state index in [4.69, 9.17) is 4.74 Å². The first-order valence-corrected chi connectivity index (χ1v) is 6.34. The van der Waals surface area contributed by atoms with E-state index in [9.17, 15) is 5.11 Å². The molecule has 3 heteroatoms. The van der Waals surface area contributed by atoms with Gasteiger partial charge in [0.15, 0.2) is 0 Å². The Kier molecular flexibility index (Phi) is 4.40. The van der Waals surface area contributed by atoms with Crippen LogP contribution in [0, 0.1) is 0 Å². The van der Waals surface area contributed by atoms with Gasteiger partial charge in [0.05, 0.1) is 13.2 Å². The highest BCUT2D eigenvalue weighted by molar-refractivity contribution is 5.33. The van der Waals surface area contributed by atoms with E-state index in [2.05, 4.69) is 11.4 Å². The Morgan fingerprint density at radius 2 is 2.06 bits per heavy atom. The van der Waals surface area contributed by atoms with Crippen molar-refractivity contribution in [2.45, 2.75) is 44.4 Å². The Hall–Kier alpha value is -1.06. The summed E-state index contributed by atoms with van der Waals surface area (Å²) < 4.78 is 5.31. The minimum atomic E-state index is -0.196. The molecule has 2 unspecified atom stereocenters. The van der Waals surface area contributed by atoms with Gasteiger partial charge in [0, 0.05) is 18.2 Å². The molecule has 0 heterocycles. The van der Waals surface area contributed by atoms with Crippen LogP contribution in [0.4, 0.5) is 0 Å². The number of benzene rings is 1. The van der Waals surface area contributed by atoms with Crippen molar-refractivity contribution in [3.8, 4) is 5.75 Å². The summed E-state index contributed by atoms with van der Waals surface area (Å²) in [6.07, 6.45) is 4.15. The van der Waals surface area contributed by atoms with Crippen LogP contribution in [0.1, 0.15) is 31.2 Å². The van der Waals surface area contributed by atoms with Crippen LogP contribution < -0.4 is 10.1 Å². The number of aliphatic hydroxyl groups excluding tert-OH is 1. The summed E-state index contributed by atoms with van der Waals surface area (Å²) >= 11 is 0. The van der Waals surface area contributed by atoms with E-state index in [0.29, 0.717) is 0 Å². The second-order valence-electron chi connectivity index (χ2n) is 4.65. The van der Waals surface area contributed by atoms with E-state index in [1.807, 2.05) is 18.2 Å². The molecule has 0 aliphatic heterocycles. The van der Waals surface area contributed by atoms with Crippen molar-refractivity contribution in [2.75, 3.05) is 7.11 Å². The fourth-order valence-corrected chi connectivity index (χ4v) is 2.44. The molecule has 1 aliphatic rings. The van der Waals surface area contributed by atoms with Crippen molar-refractivity contribution in [3.63, 3.8) is 0 Å². The summed E-state index contributed by atoms with van der Waals surface area (Å²) in [5.74, 6) is 0.908. The fourth-order valence-electron chi connectivity index (χ4n) is 2.44. The molecule has 0 aromatic heterocycles. The van der Waals surface area contributed by atoms with Crippen molar-refractivity contribution < 1.29 is 9.84 Å². The highest BCUT2D eigenvalue weighted by Crippen LogP contribution is 2.21. The second-order valence-corrected chi connectivity index (χ2v) is 4.65. The van der Waals surface area contributed by atoms with Crippen molar-refractivity contribution >= 4 is 0 Å². The van der Waals surface area contributed by atoms with Gasteiger partial charge >= 0.3 is 0 Å². The molecule has 0 saturated heterocycles. The molecule has 2 atom stereocenters. The first-order chi connectivity index (χ1) is 8.31. The largest absolute Gasteiger partial charge is 0.496 e. The van der Waals surface area contributed by atoms with Crippen molar-refractivity contribution in [2.24, 2.45) is 0 Å². The third-order valence-electron chi connectivity index (χ3n) is 3.48. The zero-order valence-corrected chi connectivity index (χ0v) is 10.4. The van der Waals surface area contributed by atoms with Crippen LogP contribution in [0.15, 0.2) is 24.3 Å². The Labute approximate surface area is 103 Å². The molecule has 1 aromatic carbocycles. The molecule has 0 spiro atoms. The van der Waals surface area contributed by atoms with Gasteiger partial charge in [0.25, 0.3) is 0 Å². The lowest BCUT2D eigenvalue weighted by molar-refractivity contribution is 0.0901. The van der Waals surface area contributed by atoms with Gasteiger partial charge in [-0.1, -0.05) is 31.0 Å². The molecule has 3 nitrogen and oxygen atoms in total. The Bertz CT molecular complexity index is 354. The van der Waals surface area contributed by atoms with Gasteiger partial charge in [-0.25, -0.2) is 0 Å². The summed E-state index contributed by atoms with van der Waals surface area (Å²) in [6, 6.07) is 8.23. The second kappa shape index (κ2) is 6.03. The lowest BCUT2D eigenvalue weighted by Gasteiger charge is -2.28. The van der Waals surface area contributed by atoms with Crippen LogP contribution in [0.3, 0.4) is 0 Å². The lowest BCUT2D eigenvalue weighted by Crippen LogP contribution is -2.41. The number of para-hydroxylation sites is 1. The first kappa shape index (κ1) is 12.4. The Balaban J connectivity index is 1.92. The van der Waals surface area contributed by atoms with E-state index < -0.39 is 0 Å². The molecule has 1 saturated carbocycles.